The first-order valence-corrected chi connectivity index (χ1v) is 10.5. The number of hydrogen-bond acceptors (Lipinski definition) is 1. The van der Waals surface area contributed by atoms with Gasteiger partial charge < -0.3 is 5.11 Å². The van der Waals surface area contributed by atoms with Crippen molar-refractivity contribution in [3.05, 3.63) is 49.7 Å². The summed E-state index contributed by atoms with van der Waals surface area (Å²) in [5, 5.41) is 11.8. The molecule has 0 saturated carbocycles. The number of phenols is 1. The predicted molar refractivity (Wildman–Crippen MR) is 118 cm³/mol. The van der Waals surface area contributed by atoms with Gasteiger partial charge in [-0.1, -0.05) is 88.5 Å². The molecular weight excluding hydrogens is 424 g/mol. The number of aromatic nitrogens is 1. The molecule has 0 unspecified atom stereocenters. The molecule has 6 heteroatoms. The van der Waals surface area contributed by atoms with E-state index in [4.69, 9.17) is 46.6 Å². The van der Waals surface area contributed by atoms with Gasteiger partial charge in [0.25, 0.3) is 0 Å². The predicted octanol–water partition coefficient (Wildman–Crippen LogP) is 7.93. The largest absolute Gasteiger partial charge is 0.507 e. The second-order valence-electron chi connectivity index (χ2n) is 9.05. The van der Waals surface area contributed by atoms with E-state index in [-0.39, 0.29) is 16.0 Å². The van der Waals surface area contributed by atoms with Gasteiger partial charge in [0.1, 0.15) is 16.1 Å². The summed E-state index contributed by atoms with van der Waals surface area (Å²) in [7, 11) is 0. The molecule has 27 heavy (non-hydrogen) atoms. The van der Waals surface area contributed by atoms with E-state index in [0.717, 1.165) is 29.5 Å². The van der Waals surface area contributed by atoms with Gasteiger partial charge in [-0.05, 0) is 46.8 Å². The molecule has 0 aliphatic carbocycles. The van der Waals surface area contributed by atoms with Crippen LogP contribution in [0.2, 0.25) is 15.3 Å². The van der Waals surface area contributed by atoms with Crippen molar-refractivity contribution in [2.75, 3.05) is 0 Å². The van der Waals surface area contributed by atoms with Gasteiger partial charge in [-0.3, -0.25) is 0 Å². The molecular formula is C21H27Cl4NO. The zero-order valence-corrected chi connectivity index (χ0v) is 19.7. The molecule has 0 spiro atoms. The van der Waals surface area contributed by atoms with Gasteiger partial charge in [-0.15, -0.1) is 0 Å². The number of benzene rings is 1. The molecule has 0 amide bonds. The molecule has 2 nitrogen and oxygen atoms in total. The maximum Gasteiger partial charge on any atom is 0.144 e. The summed E-state index contributed by atoms with van der Waals surface area (Å²) < 4.78 is 1.18. The molecule has 0 aliphatic rings. The first-order valence-electron chi connectivity index (χ1n) is 9.02. The van der Waals surface area contributed by atoms with E-state index in [1.165, 1.54) is 9.65 Å². The fourth-order valence-corrected chi connectivity index (χ4v) is 4.23. The molecule has 0 bridgehead atoms. The van der Waals surface area contributed by atoms with E-state index in [9.17, 15) is 5.11 Å². The Bertz CT molecular complexity index is 781. The van der Waals surface area contributed by atoms with Crippen LogP contribution in [0.3, 0.4) is 0 Å². The average molecular weight is 451 g/mol. The first kappa shape index (κ1) is 22.7. The molecule has 1 aromatic heterocycles. The van der Waals surface area contributed by atoms with Crippen molar-refractivity contribution in [1.29, 1.82) is 0 Å². The zero-order chi connectivity index (χ0) is 20.7. The summed E-state index contributed by atoms with van der Waals surface area (Å²) in [4.78, 5) is 0. The highest BCUT2D eigenvalue weighted by Gasteiger charge is 2.26. The molecule has 0 radical (unpaired) electrons. The molecule has 150 valence electrons. The minimum Gasteiger partial charge on any atom is -0.507 e. The van der Waals surface area contributed by atoms with Gasteiger partial charge in [0.05, 0.1) is 5.02 Å². The molecule has 0 fully saturated rings. The lowest BCUT2D eigenvalue weighted by molar-refractivity contribution is 0.422. The molecule has 2 rings (SSSR count). The second kappa shape index (κ2) is 8.06. The summed E-state index contributed by atoms with van der Waals surface area (Å²) >= 11 is 24.5. The Balaban J connectivity index is 2.30. The SMILES string of the molecule is CC(C)(C)c1cc(CCCc2c(Cl)c(Cl)n(Cl)c2Cl)cc(C(C)(C)C)c1O. The maximum atomic E-state index is 10.8. The van der Waals surface area contributed by atoms with E-state index in [1.807, 2.05) is 0 Å². The molecule has 2 aromatic rings. The Hall–Kier alpha value is -0.540. The average Bonchev–Trinajstić information content (AvgIpc) is 2.71. The van der Waals surface area contributed by atoms with Crippen molar-refractivity contribution in [2.24, 2.45) is 0 Å². The first-order chi connectivity index (χ1) is 12.2. The number of halogens is 4. The molecule has 0 aliphatic heterocycles. The minimum atomic E-state index is -0.143. The topological polar surface area (TPSA) is 25.2 Å². The molecule has 1 heterocycles. The van der Waals surface area contributed by atoms with Crippen LogP contribution in [0.4, 0.5) is 0 Å². The van der Waals surface area contributed by atoms with E-state index in [1.54, 1.807) is 0 Å². The van der Waals surface area contributed by atoms with E-state index < -0.39 is 0 Å². The summed E-state index contributed by atoms with van der Waals surface area (Å²) in [6, 6.07) is 4.21. The number of phenolic OH excluding ortho intramolecular Hbond substituents is 1. The Morgan fingerprint density at radius 1 is 0.852 bits per heavy atom. The minimum absolute atomic E-state index is 0.143. The van der Waals surface area contributed by atoms with E-state index >= 15 is 0 Å². The van der Waals surface area contributed by atoms with Crippen LogP contribution in [0.15, 0.2) is 12.1 Å². The van der Waals surface area contributed by atoms with Crippen LogP contribution in [-0.2, 0) is 23.7 Å². The highest BCUT2D eigenvalue weighted by atomic mass is 35.5. The number of nitrogens with zero attached hydrogens (tertiary/aromatic N) is 1. The van der Waals surface area contributed by atoms with Crippen LogP contribution < -0.4 is 0 Å². The van der Waals surface area contributed by atoms with Gasteiger partial charge in [0.15, 0.2) is 0 Å². The molecule has 0 saturated heterocycles. The number of hydrogen-bond donors (Lipinski definition) is 1. The summed E-state index contributed by atoms with van der Waals surface area (Å²) in [5.74, 6) is 0.399. The van der Waals surface area contributed by atoms with Crippen LogP contribution in [0, 0.1) is 0 Å². The Kier molecular flexibility index (Phi) is 6.79. The Labute approximate surface area is 182 Å². The van der Waals surface area contributed by atoms with Gasteiger partial charge >= 0.3 is 0 Å². The third-order valence-corrected chi connectivity index (χ3v) is 6.49. The third kappa shape index (κ3) is 4.90. The fraction of sp³-hybridized carbons (Fsp3) is 0.524. The summed E-state index contributed by atoms with van der Waals surface area (Å²) in [6.45, 7) is 12.7. The normalized spacial score (nSPS) is 12.7. The lowest BCUT2D eigenvalue weighted by atomic mass is 9.78. The second-order valence-corrected chi connectivity index (χ2v) is 10.5. The van der Waals surface area contributed by atoms with Crippen LogP contribution in [0.5, 0.6) is 5.75 Å². The van der Waals surface area contributed by atoms with Gasteiger partial charge in [0, 0.05) is 17.3 Å². The van der Waals surface area contributed by atoms with E-state index in [2.05, 4.69) is 53.7 Å². The monoisotopic (exact) mass is 449 g/mol. The van der Waals surface area contributed by atoms with Gasteiger partial charge in [0.2, 0.25) is 0 Å². The van der Waals surface area contributed by atoms with Crippen molar-refractivity contribution in [2.45, 2.75) is 71.6 Å². The summed E-state index contributed by atoms with van der Waals surface area (Å²) in [6.07, 6.45) is 2.35. The molecule has 0 atom stereocenters. The van der Waals surface area contributed by atoms with Gasteiger partial charge in [-0.2, -0.15) is 0 Å². The van der Waals surface area contributed by atoms with Crippen molar-refractivity contribution in [1.82, 2.24) is 4.09 Å². The van der Waals surface area contributed by atoms with Crippen LogP contribution in [0.1, 0.15) is 70.2 Å². The van der Waals surface area contributed by atoms with Crippen molar-refractivity contribution < 1.29 is 5.11 Å². The van der Waals surface area contributed by atoms with Crippen molar-refractivity contribution >= 4 is 46.6 Å². The van der Waals surface area contributed by atoms with Crippen molar-refractivity contribution in [3.8, 4) is 5.75 Å². The molecule has 1 aromatic carbocycles. The third-order valence-electron chi connectivity index (χ3n) is 4.72. The Morgan fingerprint density at radius 2 is 1.33 bits per heavy atom. The lowest BCUT2D eigenvalue weighted by Crippen LogP contribution is -2.18. The highest BCUT2D eigenvalue weighted by molar-refractivity contribution is 6.46. The zero-order valence-electron chi connectivity index (χ0n) is 16.7. The standard InChI is InChI=1S/C21H27Cl4NO/c1-20(2,3)14-10-12(11-15(17(14)27)21(4,5)6)8-7-9-13-16(22)19(24)26(25)18(13)23/h10-11,27H,7-9H2,1-6H3. The number of aromatic hydroxyl groups is 1. The number of rotatable bonds is 4. The summed E-state index contributed by atoms with van der Waals surface area (Å²) in [5.41, 5.74) is 3.61. The van der Waals surface area contributed by atoms with E-state index in [0.29, 0.717) is 22.3 Å². The van der Waals surface area contributed by atoms with Crippen molar-refractivity contribution in [3.63, 3.8) is 0 Å². The maximum absolute atomic E-state index is 10.8. The quantitative estimate of drug-likeness (QED) is 0.502. The van der Waals surface area contributed by atoms with Gasteiger partial charge in [-0.25, -0.2) is 4.09 Å². The van der Waals surface area contributed by atoms with Crippen LogP contribution in [-0.4, -0.2) is 9.19 Å². The fourth-order valence-electron chi connectivity index (χ4n) is 3.17. The highest BCUT2D eigenvalue weighted by Crippen LogP contribution is 2.40. The molecule has 1 N–H and O–H groups in total. The van der Waals surface area contributed by atoms with Crippen LogP contribution >= 0.6 is 46.6 Å². The van der Waals surface area contributed by atoms with Crippen LogP contribution in [0.25, 0.3) is 0 Å². The number of aryl methyl sites for hydroxylation is 1. The lowest BCUT2D eigenvalue weighted by Gasteiger charge is -2.28. The smallest absolute Gasteiger partial charge is 0.144 e. The Morgan fingerprint density at radius 3 is 1.70 bits per heavy atom.